The van der Waals surface area contributed by atoms with Gasteiger partial charge in [-0.2, -0.15) is 22.0 Å². The zero-order chi connectivity index (χ0) is 20.0. The van der Waals surface area contributed by atoms with E-state index in [4.69, 9.17) is 0 Å². The molecule has 0 aromatic heterocycles. The first-order valence-corrected chi connectivity index (χ1v) is 7.95. The third-order valence-corrected chi connectivity index (χ3v) is 3.66. The number of carbonyl (C=O) groups is 2. The Bertz CT molecular complexity index is 798. The first-order chi connectivity index (χ1) is 12.7. The van der Waals surface area contributed by atoms with Crippen molar-refractivity contribution >= 4 is 11.6 Å². The van der Waals surface area contributed by atoms with Crippen molar-refractivity contribution in [1.82, 2.24) is 0 Å². The molecule has 0 atom stereocenters. The van der Waals surface area contributed by atoms with E-state index >= 15 is 0 Å². The molecule has 3 nitrogen and oxygen atoms in total. The minimum absolute atomic E-state index is 0.0101. The summed E-state index contributed by atoms with van der Waals surface area (Å²) in [7, 11) is 0. The molecule has 144 valence electrons. The lowest BCUT2D eigenvalue weighted by Crippen LogP contribution is -2.15. The molecule has 0 heterocycles. The summed E-state index contributed by atoms with van der Waals surface area (Å²) >= 11 is 0. The largest absolute Gasteiger partial charge is 0.435 e. The molecule has 0 bridgehead atoms. The lowest BCUT2D eigenvalue weighted by molar-refractivity contribution is -0.135. The predicted octanol–water partition coefficient (Wildman–Crippen LogP) is 5.24. The first-order valence-electron chi connectivity index (χ1n) is 7.95. The van der Waals surface area contributed by atoms with Crippen molar-refractivity contribution < 1.29 is 36.3 Å². The van der Waals surface area contributed by atoms with Crippen LogP contribution < -0.4 is 4.74 Å². The highest BCUT2D eigenvalue weighted by atomic mass is 19.4. The molecule has 2 aromatic carbocycles. The second-order valence-electron chi connectivity index (χ2n) is 5.73. The number of rotatable bonds is 8. The monoisotopic (exact) mass is 386 g/mol. The van der Waals surface area contributed by atoms with E-state index in [2.05, 4.69) is 4.74 Å². The quantitative estimate of drug-likeness (QED) is 0.354. The fourth-order valence-corrected chi connectivity index (χ4v) is 2.41. The van der Waals surface area contributed by atoms with Gasteiger partial charge < -0.3 is 4.74 Å². The second-order valence-corrected chi connectivity index (χ2v) is 5.73. The molecule has 0 spiro atoms. The predicted molar refractivity (Wildman–Crippen MR) is 87.2 cm³/mol. The van der Waals surface area contributed by atoms with Crippen LogP contribution in [0.25, 0.3) is 0 Å². The molecule has 2 aromatic rings. The van der Waals surface area contributed by atoms with E-state index in [-0.39, 0.29) is 29.7 Å². The summed E-state index contributed by atoms with van der Waals surface area (Å²) in [6.45, 7) is -3.01. The van der Waals surface area contributed by atoms with E-state index < -0.39 is 30.8 Å². The summed E-state index contributed by atoms with van der Waals surface area (Å²) in [5.74, 6) is -1.85. The van der Waals surface area contributed by atoms with Crippen LogP contribution in [0.5, 0.6) is 5.75 Å². The van der Waals surface area contributed by atoms with E-state index in [0.29, 0.717) is 5.56 Å². The Kier molecular flexibility index (Phi) is 6.65. The molecular weight excluding hydrogens is 371 g/mol. The molecule has 2 rings (SSSR count). The van der Waals surface area contributed by atoms with Crippen LogP contribution in [-0.4, -0.2) is 24.4 Å². The minimum Gasteiger partial charge on any atom is -0.435 e. The van der Waals surface area contributed by atoms with Gasteiger partial charge >= 0.3 is 12.8 Å². The zero-order valence-corrected chi connectivity index (χ0v) is 13.9. The summed E-state index contributed by atoms with van der Waals surface area (Å²) in [5, 5.41) is 0. The average molecular weight is 386 g/mol. The number of benzene rings is 2. The average Bonchev–Trinajstić information content (AvgIpc) is 2.60. The molecule has 0 fully saturated rings. The van der Waals surface area contributed by atoms with E-state index in [1.165, 1.54) is 30.3 Å². The lowest BCUT2D eigenvalue weighted by atomic mass is 9.98. The van der Waals surface area contributed by atoms with Crippen LogP contribution in [0, 0.1) is 0 Å². The van der Waals surface area contributed by atoms with Gasteiger partial charge in [-0.25, -0.2) is 0 Å². The summed E-state index contributed by atoms with van der Waals surface area (Å²) in [6, 6.07) is 10.5. The van der Waals surface area contributed by atoms with Crippen LogP contribution in [0.2, 0.25) is 0 Å². The van der Waals surface area contributed by atoms with Crippen LogP contribution in [0.15, 0.2) is 48.5 Å². The van der Waals surface area contributed by atoms with Gasteiger partial charge in [-0.3, -0.25) is 9.59 Å². The van der Waals surface area contributed by atoms with Gasteiger partial charge in [0.05, 0.1) is 0 Å². The van der Waals surface area contributed by atoms with Gasteiger partial charge in [-0.15, -0.1) is 0 Å². The molecule has 0 aliphatic rings. The number of Topliss-reactive ketones (excluding diaryl/α,β-unsaturated/α-hetero) is 2. The Hall–Kier alpha value is -2.77. The topological polar surface area (TPSA) is 43.4 Å². The smallest absolute Gasteiger partial charge is 0.389 e. The molecule has 0 unspecified atom stereocenters. The summed E-state index contributed by atoms with van der Waals surface area (Å²) in [4.78, 5) is 24.6. The Morgan fingerprint density at radius 3 is 2.15 bits per heavy atom. The third kappa shape index (κ3) is 6.47. The fraction of sp³-hybridized carbons (Fsp3) is 0.263. The first kappa shape index (κ1) is 20.5. The molecule has 0 aliphatic heterocycles. The molecule has 0 saturated carbocycles. The molecule has 0 N–H and O–H groups in total. The summed E-state index contributed by atoms with van der Waals surface area (Å²) < 4.78 is 65.0. The maximum absolute atomic E-state index is 12.3. The highest BCUT2D eigenvalue weighted by molar-refractivity contribution is 6.49. The van der Waals surface area contributed by atoms with Gasteiger partial charge in [0.15, 0.2) is 0 Å². The van der Waals surface area contributed by atoms with Crippen molar-refractivity contribution in [2.75, 3.05) is 0 Å². The van der Waals surface area contributed by atoms with Crippen molar-refractivity contribution in [3.05, 3.63) is 65.2 Å². The van der Waals surface area contributed by atoms with Crippen molar-refractivity contribution in [2.24, 2.45) is 0 Å². The van der Waals surface area contributed by atoms with Gasteiger partial charge in [0, 0.05) is 17.5 Å². The van der Waals surface area contributed by atoms with Gasteiger partial charge in [-0.05, 0) is 48.7 Å². The Balaban J connectivity index is 2.06. The van der Waals surface area contributed by atoms with Crippen LogP contribution in [0.3, 0.4) is 0 Å². The number of alkyl halides is 5. The van der Waals surface area contributed by atoms with Crippen molar-refractivity contribution in [3.63, 3.8) is 0 Å². The molecule has 27 heavy (non-hydrogen) atoms. The van der Waals surface area contributed by atoms with Gasteiger partial charge in [0.25, 0.3) is 0 Å². The van der Waals surface area contributed by atoms with E-state index in [1.54, 1.807) is 6.07 Å². The van der Waals surface area contributed by atoms with Crippen molar-refractivity contribution in [2.45, 2.75) is 32.1 Å². The van der Waals surface area contributed by atoms with Crippen LogP contribution in [-0.2, 0) is 6.42 Å². The molecular formula is C19H15F5O3. The molecule has 0 radical (unpaired) electrons. The van der Waals surface area contributed by atoms with E-state index in [1.807, 2.05) is 0 Å². The maximum Gasteiger partial charge on any atom is 0.389 e. The highest BCUT2D eigenvalue weighted by Crippen LogP contribution is 2.23. The fourth-order valence-electron chi connectivity index (χ4n) is 2.41. The Labute approximate surface area is 151 Å². The Morgan fingerprint density at radius 1 is 0.926 bits per heavy atom. The maximum atomic E-state index is 12.3. The molecule has 8 heteroatoms. The third-order valence-electron chi connectivity index (χ3n) is 3.66. The molecule has 0 aliphatic carbocycles. The second kappa shape index (κ2) is 8.75. The minimum atomic E-state index is -4.25. The van der Waals surface area contributed by atoms with Crippen LogP contribution in [0.1, 0.15) is 39.1 Å². The normalized spacial score (nSPS) is 11.5. The number of ether oxygens (including phenoxy) is 1. The number of halogens is 5. The molecule has 0 saturated heterocycles. The number of hydrogen-bond acceptors (Lipinski definition) is 3. The number of aryl methyl sites for hydroxylation is 1. The van der Waals surface area contributed by atoms with Crippen molar-refractivity contribution in [1.29, 1.82) is 0 Å². The number of carbonyl (C=O) groups excluding carboxylic acids is 2. The van der Waals surface area contributed by atoms with Gasteiger partial charge in [-0.1, -0.05) is 18.2 Å². The highest BCUT2D eigenvalue weighted by Gasteiger charge is 2.26. The number of hydrogen-bond donors (Lipinski definition) is 0. The number of ketones is 2. The standard InChI is InChI=1S/C19H15F5O3/c20-18(21)27-15-8-6-13(7-9-15)16(25)17(26)14-5-1-3-12(11-14)4-2-10-19(22,23)24/h1,3,5-9,11,18H,2,4,10H2. The SMILES string of the molecule is O=C(C(=O)c1cccc(CCCC(F)(F)F)c1)c1ccc(OC(F)F)cc1. The Morgan fingerprint density at radius 2 is 1.56 bits per heavy atom. The lowest BCUT2D eigenvalue weighted by Gasteiger charge is -2.07. The van der Waals surface area contributed by atoms with Crippen LogP contribution >= 0.6 is 0 Å². The zero-order valence-electron chi connectivity index (χ0n) is 13.9. The van der Waals surface area contributed by atoms with Gasteiger partial charge in [0.1, 0.15) is 5.75 Å². The summed E-state index contributed by atoms with van der Waals surface area (Å²) in [5.41, 5.74) is 0.556. The summed E-state index contributed by atoms with van der Waals surface area (Å²) in [6.07, 6.45) is -5.18. The van der Waals surface area contributed by atoms with E-state index in [9.17, 15) is 31.5 Å². The van der Waals surface area contributed by atoms with E-state index in [0.717, 1.165) is 12.1 Å². The van der Waals surface area contributed by atoms with Gasteiger partial charge in [0.2, 0.25) is 11.6 Å². The molecule has 0 amide bonds. The van der Waals surface area contributed by atoms with Crippen molar-refractivity contribution in [3.8, 4) is 5.75 Å². The van der Waals surface area contributed by atoms with Crippen LogP contribution in [0.4, 0.5) is 22.0 Å².